The third kappa shape index (κ3) is 3.24. The van der Waals surface area contributed by atoms with Crippen LogP contribution in [-0.2, 0) is 0 Å². The van der Waals surface area contributed by atoms with Gasteiger partial charge < -0.3 is 10.4 Å². The number of pyridine rings is 1. The van der Waals surface area contributed by atoms with E-state index in [4.69, 9.17) is 11.6 Å². The molecule has 6 heteroatoms. The first-order valence-electron chi connectivity index (χ1n) is 5.39. The average Bonchev–Trinajstić information content (AvgIpc) is 2.33. The molecule has 0 unspecified atom stereocenters. The van der Waals surface area contributed by atoms with Crippen molar-refractivity contribution in [1.82, 2.24) is 4.98 Å². The Kier molecular flexibility index (Phi) is 4.07. The Bertz CT molecular complexity index is 647. The van der Waals surface area contributed by atoms with Crippen LogP contribution in [0, 0.1) is 6.92 Å². The van der Waals surface area contributed by atoms with Gasteiger partial charge in [-0.05, 0) is 52.7 Å². The molecule has 1 heterocycles. The second kappa shape index (κ2) is 5.59. The number of hydrogen-bond donors (Lipinski definition) is 2. The molecule has 19 heavy (non-hydrogen) atoms. The van der Waals surface area contributed by atoms with Crippen LogP contribution in [0.15, 0.2) is 34.9 Å². The minimum Gasteiger partial charge on any atom is -0.507 e. The predicted octanol–water partition coefficient (Wildman–Crippen LogP) is 3.76. The molecule has 98 valence electrons. The van der Waals surface area contributed by atoms with Crippen molar-refractivity contribution in [3.63, 3.8) is 0 Å². The second-order valence-corrected chi connectivity index (χ2v) is 5.23. The molecule has 0 radical (unpaired) electrons. The van der Waals surface area contributed by atoms with Gasteiger partial charge in [-0.15, -0.1) is 0 Å². The summed E-state index contributed by atoms with van der Waals surface area (Å²) >= 11 is 9.04. The van der Waals surface area contributed by atoms with Gasteiger partial charge in [-0.1, -0.05) is 11.6 Å². The fraction of sp³-hybridized carbons (Fsp3) is 0.0769. The number of aryl methyl sites for hydroxylation is 1. The molecular formula is C13H10BrClN2O2. The third-order valence-electron chi connectivity index (χ3n) is 2.49. The highest BCUT2D eigenvalue weighted by molar-refractivity contribution is 9.10. The number of rotatable bonds is 2. The number of aromatic hydroxyl groups is 1. The summed E-state index contributed by atoms with van der Waals surface area (Å²) in [5.74, 6) is -0.192. The number of carbonyl (C=O) groups is 1. The van der Waals surface area contributed by atoms with E-state index < -0.39 is 5.91 Å². The zero-order valence-electron chi connectivity index (χ0n) is 9.95. The van der Waals surface area contributed by atoms with Crippen molar-refractivity contribution in [2.75, 3.05) is 5.32 Å². The molecule has 4 nitrogen and oxygen atoms in total. The van der Waals surface area contributed by atoms with Gasteiger partial charge in [-0.2, -0.15) is 0 Å². The number of nitrogens with one attached hydrogen (secondary N) is 1. The number of anilines is 1. The van der Waals surface area contributed by atoms with Crippen LogP contribution < -0.4 is 5.32 Å². The SMILES string of the molecule is Cc1cc(NC(=O)c2ccc(Cl)cc2O)ncc1Br. The minimum absolute atomic E-state index is 0.145. The normalized spacial score (nSPS) is 10.3. The van der Waals surface area contributed by atoms with E-state index in [1.807, 2.05) is 6.92 Å². The molecule has 0 spiro atoms. The van der Waals surface area contributed by atoms with Crippen LogP contribution in [0.2, 0.25) is 5.02 Å². The van der Waals surface area contributed by atoms with E-state index in [0.29, 0.717) is 10.8 Å². The number of phenolic OH excluding ortho intramolecular Hbond substituents is 1. The summed E-state index contributed by atoms with van der Waals surface area (Å²) in [4.78, 5) is 16.0. The van der Waals surface area contributed by atoms with Gasteiger partial charge in [0, 0.05) is 15.7 Å². The Morgan fingerprint density at radius 3 is 2.79 bits per heavy atom. The number of halogens is 2. The zero-order valence-corrected chi connectivity index (χ0v) is 12.3. The van der Waals surface area contributed by atoms with Gasteiger partial charge in [0.2, 0.25) is 0 Å². The lowest BCUT2D eigenvalue weighted by molar-refractivity contribution is 0.102. The largest absolute Gasteiger partial charge is 0.507 e. The summed E-state index contributed by atoms with van der Waals surface area (Å²) in [5, 5.41) is 12.6. The molecule has 2 aromatic rings. The van der Waals surface area contributed by atoms with Gasteiger partial charge in [-0.3, -0.25) is 4.79 Å². The summed E-state index contributed by atoms with van der Waals surface area (Å²) in [6.07, 6.45) is 1.60. The molecule has 0 atom stereocenters. The summed E-state index contributed by atoms with van der Waals surface area (Å²) in [6, 6.07) is 6.04. The van der Waals surface area contributed by atoms with E-state index in [1.54, 1.807) is 12.3 Å². The first kappa shape index (κ1) is 13.8. The van der Waals surface area contributed by atoms with Crippen LogP contribution in [0.25, 0.3) is 0 Å². The Labute approximate surface area is 123 Å². The van der Waals surface area contributed by atoms with Crippen molar-refractivity contribution >= 4 is 39.3 Å². The molecule has 1 aromatic heterocycles. The number of amides is 1. The molecule has 0 bridgehead atoms. The van der Waals surface area contributed by atoms with Crippen LogP contribution in [0.1, 0.15) is 15.9 Å². The molecular weight excluding hydrogens is 332 g/mol. The van der Waals surface area contributed by atoms with Crippen molar-refractivity contribution in [3.05, 3.63) is 51.1 Å². The van der Waals surface area contributed by atoms with Crippen LogP contribution in [-0.4, -0.2) is 16.0 Å². The predicted molar refractivity (Wildman–Crippen MR) is 77.7 cm³/mol. The van der Waals surface area contributed by atoms with E-state index >= 15 is 0 Å². The first-order valence-corrected chi connectivity index (χ1v) is 6.56. The highest BCUT2D eigenvalue weighted by atomic mass is 79.9. The molecule has 0 fully saturated rings. The monoisotopic (exact) mass is 340 g/mol. The topological polar surface area (TPSA) is 62.2 Å². The van der Waals surface area contributed by atoms with Gasteiger partial charge >= 0.3 is 0 Å². The molecule has 1 aromatic carbocycles. The highest BCUT2D eigenvalue weighted by Crippen LogP contribution is 2.23. The lowest BCUT2D eigenvalue weighted by atomic mass is 10.2. The number of carbonyl (C=O) groups excluding carboxylic acids is 1. The van der Waals surface area contributed by atoms with E-state index in [-0.39, 0.29) is 11.3 Å². The van der Waals surface area contributed by atoms with Gasteiger partial charge in [0.1, 0.15) is 11.6 Å². The first-order chi connectivity index (χ1) is 8.97. The maximum Gasteiger partial charge on any atom is 0.260 e. The summed E-state index contributed by atoms with van der Waals surface area (Å²) in [6.45, 7) is 1.89. The summed E-state index contributed by atoms with van der Waals surface area (Å²) in [7, 11) is 0. The lowest BCUT2D eigenvalue weighted by Gasteiger charge is -2.07. The lowest BCUT2D eigenvalue weighted by Crippen LogP contribution is -2.13. The van der Waals surface area contributed by atoms with Crippen molar-refractivity contribution < 1.29 is 9.90 Å². The van der Waals surface area contributed by atoms with Crippen molar-refractivity contribution in [2.45, 2.75) is 6.92 Å². The number of benzene rings is 1. The highest BCUT2D eigenvalue weighted by Gasteiger charge is 2.12. The van der Waals surface area contributed by atoms with Crippen LogP contribution in [0.4, 0.5) is 5.82 Å². The quantitative estimate of drug-likeness (QED) is 0.874. The maximum atomic E-state index is 12.0. The minimum atomic E-state index is -0.441. The Morgan fingerprint density at radius 1 is 1.42 bits per heavy atom. The third-order valence-corrected chi connectivity index (χ3v) is 3.56. The molecule has 0 saturated carbocycles. The van der Waals surface area contributed by atoms with E-state index in [2.05, 4.69) is 26.2 Å². The van der Waals surface area contributed by atoms with Gasteiger partial charge in [0.05, 0.1) is 5.56 Å². The number of hydrogen-bond acceptors (Lipinski definition) is 3. The zero-order chi connectivity index (χ0) is 14.0. The van der Waals surface area contributed by atoms with E-state index in [9.17, 15) is 9.90 Å². The van der Waals surface area contributed by atoms with Crippen LogP contribution in [0.3, 0.4) is 0 Å². The van der Waals surface area contributed by atoms with Crippen molar-refractivity contribution in [1.29, 1.82) is 0 Å². The van der Waals surface area contributed by atoms with Gasteiger partial charge in [0.25, 0.3) is 5.91 Å². The second-order valence-electron chi connectivity index (χ2n) is 3.93. The Morgan fingerprint density at radius 2 is 2.16 bits per heavy atom. The fourth-order valence-electron chi connectivity index (χ4n) is 1.49. The van der Waals surface area contributed by atoms with Gasteiger partial charge in [-0.25, -0.2) is 4.98 Å². The van der Waals surface area contributed by atoms with E-state index in [1.165, 1.54) is 18.2 Å². The van der Waals surface area contributed by atoms with Crippen molar-refractivity contribution in [3.8, 4) is 5.75 Å². The van der Waals surface area contributed by atoms with Gasteiger partial charge in [0.15, 0.2) is 0 Å². The van der Waals surface area contributed by atoms with Crippen LogP contribution in [0.5, 0.6) is 5.75 Å². The summed E-state index contributed by atoms with van der Waals surface area (Å²) in [5.41, 5.74) is 1.09. The molecule has 0 aliphatic carbocycles. The number of aromatic nitrogens is 1. The maximum absolute atomic E-state index is 12.0. The number of nitrogens with zero attached hydrogens (tertiary/aromatic N) is 1. The Balaban J connectivity index is 2.23. The molecule has 0 aliphatic rings. The number of phenols is 1. The summed E-state index contributed by atoms with van der Waals surface area (Å²) < 4.78 is 0.861. The molecule has 0 saturated heterocycles. The molecule has 2 rings (SSSR count). The van der Waals surface area contributed by atoms with E-state index in [0.717, 1.165) is 10.0 Å². The van der Waals surface area contributed by atoms with Crippen LogP contribution >= 0.6 is 27.5 Å². The van der Waals surface area contributed by atoms with Crippen molar-refractivity contribution in [2.24, 2.45) is 0 Å². The molecule has 2 N–H and O–H groups in total. The Hall–Kier alpha value is -1.59. The molecule has 0 aliphatic heterocycles. The standard InChI is InChI=1S/C13H10BrClN2O2/c1-7-4-12(16-6-10(7)14)17-13(19)9-3-2-8(15)5-11(9)18/h2-6,18H,1H3,(H,16,17,19). The smallest absolute Gasteiger partial charge is 0.260 e. The average molecular weight is 342 g/mol. The molecule has 1 amide bonds. The fourth-order valence-corrected chi connectivity index (χ4v) is 1.87.